The van der Waals surface area contributed by atoms with Crippen LogP contribution in [0.1, 0.15) is 6.04 Å². The average molecular weight is 297 g/mol. The van der Waals surface area contributed by atoms with Gasteiger partial charge in [0, 0.05) is 11.1 Å². The van der Waals surface area contributed by atoms with Crippen LogP contribution in [-0.4, -0.2) is 20.6 Å². The Labute approximate surface area is 105 Å². The molecule has 0 saturated heterocycles. The third-order valence-electron chi connectivity index (χ3n) is 2.72. The summed E-state index contributed by atoms with van der Waals surface area (Å²) in [6.45, 7) is 0. The summed E-state index contributed by atoms with van der Waals surface area (Å²) in [5, 5.41) is 2.35. The third kappa shape index (κ3) is 1.42. The lowest BCUT2D eigenvalue weighted by molar-refractivity contribution is 0.561. The van der Waals surface area contributed by atoms with Crippen molar-refractivity contribution in [1.82, 2.24) is 9.55 Å². The van der Waals surface area contributed by atoms with Crippen molar-refractivity contribution in [3.05, 3.63) is 34.6 Å². The minimum atomic E-state index is 0.0788. The molecule has 82 valence electrons. The molecule has 2 aromatic rings. The fourth-order valence-electron chi connectivity index (χ4n) is 1.91. The highest BCUT2D eigenvalue weighted by Gasteiger charge is 2.25. The van der Waals surface area contributed by atoms with E-state index in [9.17, 15) is 4.79 Å². The number of halogens is 1. The van der Waals surface area contributed by atoms with Crippen molar-refractivity contribution in [2.45, 2.75) is 11.2 Å². The molecule has 0 fully saturated rings. The van der Waals surface area contributed by atoms with Crippen LogP contribution in [0.3, 0.4) is 0 Å². The van der Waals surface area contributed by atoms with E-state index < -0.39 is 0 Å². The lowest BCUT2D eigenvalue weighted by atomic mass is 10.2. The van der Waals surface area contributed by atoms with Crippen molar-refractivity contribution in [1.29, 1.82) is 0 Å². The van der Waals surface area contributed by atoms with Crippen LogP contribution >= 0.6 is 27.7 Å². The Hall–Kier alpha value is -0.810. The summed E-state index contributed by atoms with van der Waals surface area (Å²) < 4.78 is 1.81. The molecule has 1 atom stereocenters. The predicted molar refractivity (Wildman–Crippen MR) is 69.6 cm³/mol. The van der Waals surface area contributed by atoms with Crippen LogP contribution in [0.2, 0.25) is 0 Å². The van der Waals surface area contributed by atoms with Gasteiger partial charge in [-0.25, -0.2) is 4.98 Å². The Kier molecular flexibility index (Phi) is 2.52. The second-order valence-corrected chi connectivity index (χ2v) is 5.34. The van der Waals surface area contributed by atoms with Crippen LogP contribution in [0.4, 0.5) is 0 Å². The van der Waals surface area contributed by atoms with Gasteiger partial charge in [-0.2, -0.15) is 0 Å². The van der Waals surface area contributed by atoms with Gasteiger partial charge in [-0.15, -0.1) is 0 Å². The molecule has 0 aliphatic carbocycles. The van der Waals surface area contributed by atoms with Gasteiger partial charge in [0.25, 0.3) is 5.56 Å². The first-order chi connectivity index (χ1) is 7.81. The smallest absolute Gasteiger partial charge is 0.262 e. The van der Waals surface area contributed by atoms with Crippen molar-refractivity contribution in [3.63, 3.8) is 0 Å². The Morgan fingerprint density at radius 2 is 2.31 bits per heavy atom. The molecule has 16 heavy (non-hydrogen) atoms. The van der Waals surface area contributed by atoms with Crippen LogP contribution in [0.5, 0.6) is 0 Å². The summed E-state index contributed by atoms with van der Waals surface area (Å²) in [5.74, 6) is 0.920. The summed E-state index contributed by atoms with van der Waals surface area (Å²) in [4.78, 5) is 16.8. The van der Waals surface area contributed by atoms with Crippen molar-refractivity contribution in [2.75, 3.05) is 11.1 Å². The van der Waals surface area contributed by atoms with Gasteiger partial charge in [0.05, 0.1) is 16.9 Å². The van der Waals surface area contributed by atoms with Gasteiger partial charge in [0.15, 0.2) is 5.16 Å². The summed E-state index contributed by atoms with van der Waals surface area (Å²) in [7, 11) is 0. The van der Waals surface area contributed by atoms with E-state index in [0.717, 1.165) is 21.8 Å². The molecule has 0 bridgehead atoms. The zero-order chi connectivity index (χ0) is 11.1. The van der Waals surface area contributed by atoms with E-state index in [1.165, 1.54) is 0 Å². The summed E-state index contributed by atoms with van der Waals surface area (Å²) in [6, 6.07) is 7.74. The highest BCUT2D eigenvalue weighted by atomic mass is 79.9. The molecule has 0 radical (unpaired) electrons. The molecule has 1 aliphatic heterocycles. The first kappa shape index (κ1) is 10.4. The van der Waals surface area contributed by atoms with Crippen LogP contribution in [-0.2, 0) is 0 Å². The monoisotopic (exact) mass is 296 g/mol. The van der Waals surface area contributed by atoms with E-state index in [2.05, 4.69) is 20.9 Å². The number of alkyl halides is 1. The molecule has 0 unspecified atom stereocenters. The van der Waals surface area contributed by atoms with E-state index in [1.54, 1.807) is 11.8 Å². The first-order valence-electron chi connectivity index (χ1n) is 5.01. The van der Waals surface area contributed by atoms with E-state index in [0.29, 0.717) is 5.39 Å². The Morgan fingerprint density at radius 3 is 3.12 bits per heavy atom. The van der Waals surface area contributed by atoms with Crippen LogP contribution in [0.15, 0.2) is 34.2 Å². The predicted octanol–water partition coefficient (Wildman–Crippen LogP) is 2.44. The molecular formula is C11H9BrN2OS. The second kappa shape index (κ2) is 3.89. The van der Waals surface area contributed by atoms with E-state index in [4.69, 9.17) is 0 Å². The van der Waals surface area contributed by atoms with Crippen molar-refractivity contribution < 1.29 is 0 Å². The van der Waals surface area contributed by atoms with Gasteiger partial charge in [-0.1, -0.05) is 39.8 Å². The van der Waals surface area contributed by atoms with Crippen molar-refractivity contribution in [3.8, 4) is 0 Å². The maximum atomic E-state index is 12.3. The Morgan fingerprint density at radius 1 is 1.50 bits per heavy atom. The molecule has 1 aromatic carbocycles. The number of rotatable bonds is 1. The van der Waals surface area contributed by atoms with Crippen LogP contribution in [0.25, 0.3) is 10.9 Å². The number of benzene rings is 1. The van der Waals surface area contributed by atoms with Crippen molar-refractivity contribution in [2.24, 2.45) is 0 Å². The number of hydrogen-bond donors (Lipinski definition) is 0. The zero-order valence-electron chi connectivity index (χ0n) is 8.39. The Balaban J connectivity index is 2.37. The third-order valence-corrected chi connectivity index (χ3v) is 4.57. The highest BCUT2D eigenvalue weighted by Crippen LogP contribution is 2.31. The number of para-hydroxylation sites is 1. The molecule has 0 N–H and O–H groups in total. The highest BCUT2D eigenvalue weighted by molar-refractivity contribution is 9.09. The molecule has 0 spiro atoms. The van der Waals surface area contributed by atoms with Crippen molar-refractivity contribution >= 4 is 38.6 Å². The number of fused-ring (bicyclic) bond motifs is 2. The molecule has 1 aromatic heterocycles. The van der Waals surface area contributed by atoms with Gasteiger partial charge in [-0.05, 0) is 12.1 Å². The Bertz CT molecular complexity index is 610. The zero-order valence-corrected chi connectivity index (χ0v) is 10.8. The normalized spacial score (nSPS) is 18.9. The molecule has 0 amide bonds. The minimum absolute atomic E-state index is 0.0788. The van der Waals surface area contributed by atoms with E-state index >= 15 is 0 Å². The fraction of sp³-hybridized carbons (Fsp3) is 0.273. The van der Waals surface area contributed by atoms with E-state index in [1.807, 2.05) is 28.8 Å². The molecule has 3 nitrogen and oxygen atoms in total. The first-order valence-corrected chi connectivity index (χ1v) is 7.12. The number of nitrogens with zero attached hydrogens (tertiary/aromatic N) is 2. The van der Waals surface area contributed by atoms with Gasteiger partial charge < -0.3 is 0 Å². The molecule has 5 heteroatoms. The minimum Gasteiger partial charge on any atom is -0.282 e. The second-order valence-electron chi connectivity index (χ2n) is 3.71. The van der Waals surface area contributed by atoms with Gasteiger partial charge in [0.1, 0.15) is 0 Å². The number of hydrogen-bond acceptors (Lipinski definition) is 3. The van der Waals surface area contributed by atoms with Gasteiger partial charge in [-0.3, -0.25) is 9.36 Å². The van der Waals surface area contributed by atoms with E-state index in [-0.39, 0.29) is 11.6 Å². The quantitative estimate of drug-likeness (QED) is 0.599. The maximum absolute atomic E-state index is 12.3. The largest absolute Gasteiger partial charge is 0.282 e. The standard InChI is InChI=1S/C11H9BrN2OS/c12-5-7-6-16-11-13-9-4-2-1-3-8(9)10(15)14(7)11/h1-4,7H,5-6H2/t7-/m1/s1. The molecule has 0 saturated carbocycles. The van der Waals surface area contributed by atoms with Gasteiger partial charge >= 0.3 is 0 Å². The fourth-order valence-corrected chi connectivity index (χ4v) is 3.87. The average Bonchev–Trinajstić information content (AvgIpc) is 2.72. The lowest BCUT2D eigenvalue weighted by Crippen LogP contribution is -2.25. The lowest BCUT2D eigenvalue weighted by Gasteiger charge is -2.10. The van der Waals surface area contributed by atoms with Gasteiger partial charge in [0.2, 0.25) is 0 Å². The van der Waals surface area contributed by atoms with Crippen LogP contribution < -0.4 is 5.56 Å². The molecule has 3 rings (SSSR count). The SMILES string of the molecule is O=c1c2ccccc2nc2n1[C@H](CBr)CS2. The molecular weight excluding hydrogens is 288 g/mol. The molecule has 1 aliphatic rings. The van der Waals surface area contributed by atoms with Crippen LogP contribution in [0, 0.1) is 0 Å². The topological polar surface area (TPSA) is 34.9 Å². The summed E-state index contributed by atoms with van der Waals surface area (Å²) >= 11 is 5.09. The summed E-state index contributed by atoms with van der Waals surface area (Å²) in [5.41, 5.74) is 0.872. The number of thioether (sulfide) groups is 1. The summed E-state index contributed by atoms with van der Waals surface area (Å²) in [6.07, 6.45) is 0. The maximum Gasteiger partial charge on any atom is 0.262 e. The number of aromatic nitrogens is 2. The molecule has 2 heterocycles.